The fourth-order valence-electron chi connectivity index (χ4n) is 1.66. The van der Waals surface area contributed by atoms with E-state index in [-0.39, 0.29) is 22.2 Å². The molecule has 1 rings (SSSR count). The van der Waals surface area contributed by atoms with Crippen LogP contribution in [0.3, 0.4) is 0 Å². The van der Waals surface area contributed by atoms with Crippen LogP contribution >= 0.6 is 11.8 Å². The van der Waals surface area contributed by atoms with Crippen molar-refractivity contribution < 1.29 is 32.3 Å². The third-order valence-electron chi connectivity index (χ3n) is 2.70. The van der Waals surface area contributed by atoms with E-state index >= 15 is 0 Å². The van der Waals surface area contributed by atoms with Crippen molar-refractivity contribution in [2.45, 2.75) is 49.7 Å². The van der Waals surface area contributed by atoms with Crippen molar-refractivity contribution in [3.05, 3.63) is 29.8 Å². The molecule has 0 aliphatic rings. The Labute approximate surface area is 152 Å². The second-order valence-corrected chi connectivity index (χ2v) is 7.45. The van der Waals surface area contributed by atoms with E-state index in [1.54, 1.807) is 20.8 Å². The highest BCUT2D eigenvalue weighted by Crippen LogP contribution is 2.36. The summed E-state index contributed by atoms with van der Waals surface area (Å²) in [6.45, 7) is 6.44. The van der Waals surface area contributed by atoms with Crippen molar-refractivity contribution in [2.75, 3.05) is 0 Å². The van der Waals surface area contributed by atoms with Crippen molar-refractivity contribution in [3.63, 3.8) is 0 Å². The van der Waals surface area contributed by atoms with Crippen LogP contribution in [-0.2, 0) is 9.53 Å². The number of thioether (sulfide) groups is 1. The maximum absolute atomic E-state index is 12.3. The molecule has 0 bridgehead atoms. The quantitative estimate of drug-likeness (QED) is 0.606. The Kier molecular flexibility index (Phi) is 7.08. The van der Waals surface area contributed by atoms with E-state index in [0.717, 1.165) is 24.3 Å². The number of carbonyl (C=O) groups excluding carboxylic acids is 3. The maximum Gasteiger partial charge on any atom is 0.446 e. The topological polar surface area (TPSA) is 84.5 Å². The van der Waals surface area contributed by atoms with Crippen LogP contribution in [0.15, 0.2) is 29.2 Å². The Bertz CT molecular complexity index is 670. The van der Waals surface area contributed by atoms with Gasteiger partial charge in [-0.1, -0.05) is 0 Å². The molecule has 0 aliphatic heterocycles. The van der Waals surface area contributed by atoms with Crippen molar-refractivity contribution in [1.82, 2.24) is 10.6 Å². The highest BCUT2D eigenvalue weighted by atomic mass is 32.2. The second-order valence-electron chi connectivity index (χ2n) is 6.31. The number of halogens is 3. The van der Waals surface area contributed by atoms with Gasteiger partial charge in [0.2, 0.25) is 0 Å². The van der Waals surface area contributed by atoms with E-state index in [9.17, 15) is 27.6 Å². The summed E-state index contributed by atoms with van der Waals surface area (Å²) in [5, 5.41) is 4.54. The molecule has 1 atom stereocenters. The van der Waals surface area contributed by atoms with Crippen LogP contribution in [0.1, 0.15) is 38.1 Å². The van der Waals surface area contributed by atoms with Crippen LogP contribution in [0.5, 0.6) is 0 Å². The lowest BCUT2D eigenvalue weighted by Crippen LogP contribution is -2.50. The molecule has 0 fully saturated rings. The SMILES string of the molecule is C[C@H](OC(=O)c1ccc(SC(F)(F)F)cc1)C(=O)NC(=O)NC(C)(C)C. The van der Waals surface area contributed by atoms with E-state index in [0.29, 0.717) is 0 Å². The van der Waals surface area contributed by atoms with Gasteiger partial charge in [-0.05, 0) is 63.7 Å². The van der Waals surface area contributed by atoms with Gasteiger partial charge in [-0.15, -0.1) is 0 Å². The molecule has 10 heteroatoms. The van der Waals surface area contributed by atoms with Crippen LogP contribution in [-0.4, -0.2) is 35.1 Å². The van der Waals surface area contributed by atoms with E-state index in [4.69, 9.17) is 4.74 Å². The molecule has 0 saturated carbocycles. The number of hydrogen-bond donors (Lipinski definition) is 2. The normalized spacial score (nSPS) is 12.9. The first-order valence-electron chi connectivity index (χ1n) is 7.46. The predicted octanol–water partition coefficient (Wildman–Crippen LogP) is 3.47. The van der Waals surface area contributed by atoms with Gasteiger partial charge in [0.15, 0.2) is 6.10 Å². The molecule has 0 aliphatic carbocycles. The maximum atomic E-state index is 12.3. The lowest BCUT2D eigenvalue weighted by atomic mass is 10.1. The largest absolute Gasteiger partial charge is 0.449 e. The molecule has 0 spiro atoms. The summed E-state index contributed by atoms with van der Waals surface area (Å²) >= 11 is -0.310. The number of nitrogens with one attached hydrogen (secondary N) is 2. The zero-order valence-corrected chi connectivity index (χ0v) is 15.4. The first-order valence-corrected chi connectivity index (χ1v) is 8.28. The smallest absolute Gasteiger partial charge is 0.446 e. The fourth-order valence-corrected chi connectivity index (χ4v) is 2.20. The molecule has 6 nitrogen and oxygen atoms in total. The van der Waals surface area contributed by atoms with Gasteiger partial charge in [-0.3, -0.25) is 10.1 Å². The summed E-state index contributed by atoms with van der Waals surface area (Å²) in [4.78, 5) is 35.3. The van der Waals surface area contributed by atoms with Gasteiger partial charge in [0.05, 0.1) is 5.56 Å². The summed E-state index contributed by atoms with van der Waals surface area (Å²) in [5.41, 5.74) is -5.00. The fraction of sp³-hybridized carbons (Fsp3) is 0.438. The van der Waals surface area contributed by atoms with Gasteiger partial charge < -0.3 is 10.1 Å². The van der Waals surface area contributed by atoms with Gasteiger partial charge in [-0.25, -0.2) is 9.59 Å². The number of alkyl halides is 3. The lowest BCUT2D eigenvalue weighted by molar-refractivity contribution is -0.127. The van der Waals surface area contributed by atoms with Crippen LogP contribution in [0.2, 0.25) is 0 Å². The summed E-state index contributed by atoms with van der Waals surface area (Å²) < 4.78 is 41.7. The molecule has 1 aromatic carbocycles. The van der Waals surface area contributed by atoms with Gasteiger partial charge in [0, 0.05) is 10.4 Å². The van der Waals surface area contributed by atoms with Crippen molar-refractivity contribution >= 4 is 29.7 Å². The zero-order valence-electron chi connectivity index (χ0n) is 14.6. The van der Waals surface area contributed by atoms with Gasteiger partial charge in [0.1, 0.15) is 0 Å². The number of esters is 1. The number of rotatable bonds is 4. The minimum atomic E-state index is -4.43. The second kappa shape index (κ2) is 8.43. The molecule has 0 heterocycles. The van der Waals surface area contributed by atoms with E-state index < -0.39 is 35.1 Å². The molecule has 3 amide bonds. The standard InChI is InChI=1S/C16H19F3N2O4S/c1-9(12(22)20-14(24)21-15(2,3)4)25-13(23)10-5-7-11(8-6-10)26-16(17,18)19/h5-9H,1-4H3,(H2,20,21,22,24)/t9-/m0/s1. The van der Waals surface area contributed by atoms with E-state index in [1.165, 1.54) is 6.92 Å². The Morgan fingerprint density at radius 2 is 1.62 bits per heavy atom. The van der Waals surface area contributed by atoms with Crippen molar-refractivity contribution in [1.29, 1.82) is 0 Å². The average molecular weight is 392 g/mol. The summed E-state index contributed by atoms with van der Waals surface area (Å²) in [6.07, 6.45) is -1.27. The van der Waals surface area contributed by atoms with Crippen LogP contribution in [0, 0.1) is 0 Å². The lowest BCUT2D eigenvalue weighted by Gasteiger charge is -2.21. The third kappa shape index (κ3) is 8.24. The number of ether oxygens (including phenoxy) is 1. The Morgan fingerprint density at radius 3 is 2.08 bits per heavy atom. The minimum absolute atomic E-state index is 0.0182. The molecular weight excluding hydrogens is 373 g/mol. The highest BCUT2D eigenvalue weighted by Gasteiger charge is 2.29. The van der Waals surface area contributed by atoms with Crippen LogP contribution in [0.25, 0.3) is 0 Å². The zero-order chi connectivity index (χ0) is 20.1. The molecule has 144 valence electrons. The summed E-state index contributed by atoms with van der Waals surface area (Å²) in [5.74, 6) is -1.73. The van der Waals surface area contributed by atoms with Gasteiger partial charge in [-0.2, -0.15) is 13.2 Å². The van der Waals surface area contributed by atoms with Gasteiger partial charge in [0.25, 0.3) is 5.91 Å². The number of amides is 3. The molecule has 0 saturated heterocycles. The number of hydrogen-bond acceptors (Lipinski definition) is 5. The minimum Gasteiger partial charge on any atom is -0.449 e. The van der Waals surface area contributed by atoms with Crippen LogP contribution < -0.4 is 10.6 Å². The average Bonchev–Trinajstić information content (AvgIpc) is 2.43. The molecule has 0 aromatic heterocycles. The molecule has 2 N–H and O–H groups in total. The molecule has 26 heavy (non-hydrogen) atoms. The predicted molar refractivity (Wildman–Crippen MR) is 89.7 cm³/mol. The van der Waals surface area contributed by atoms with E-state index in [2.05, 4.69) is 5.32 Å². The molecule has 0 radical (unpaired) electrons. The molecular formula is C16H19F3N2O4S. The van der Waals surface area contributed by atoms with E-state index in [1.807, 2.05) is 5.32 Å². The summed E-state index contributed by atoms with van der Waals surface area (Å²) in [6, 6.07) is 3.83. The monoisotopic (exact) mass is 392 g/mol. The number of carbonyl (C=O) groups is 3. The first kappa shape index (κ1) is 21.8. The Morgan fingerprint density at radius 1 is 1.08 bits per heavy atom. The first-order chi connectivity index (χ1) is 11.8. The highest BCUT2D eigenvalue weighted by molar-refractivity contribution is 8.00. The Hall–Kier alpha value is -2.23. The summed E-state index contributed by atoms with van der Waals surface area (Å²) in [7, 11) is 0. The Balaban J connectivity index is 2.61. The van der Waals surface area contributed by atoms with Crippen molar-refractivity contribution in [3.8, 4) is 0 Å². The third-order valence-corrected chi connectivity index (χ3v) is 3.44. The molecule has 0 unspecified atom stereocenters. The molecule has 1 aromatic rings. The number of urea groups is 1. The van der Waals surface area contributed by atoms with Gasteiger partial charge >= 0.3 is 17.5 Å². The van der Waals surface area contributed by atoms with Crippen LogP contribution in [0.4, 0.5) is 18.0 Å². The number of imide groups is 1. The number of benzene rings is 1. The van der Waals surface area contributed by atoms with Crippen molar-refractivity contribution in [2.24, 2.45) is 0 Å².